The fourth-order valence-electron chi connectivity index (χ4n) is 3.03. The van der Waals surface area contributed by atoms with E-state index in [1.54, 1.807) is 0 Å². The lowest BCUT2D eigenvalue weighted by Gasteiger charge is -2.37. The summed E-state index contributed by atoms with van der Waals surface area (Å²) in [6, 6.07) is 7.09. The number of rotatable bonds is 3. The van der Waals surface area contributed by atoms with Crippen LogP contribution in [0.5, 0.6) is 0 Å². The maximum Gasteiger partial charge on any atom is 0.106 e. The first-order valence-electron chi connectivity index (χ1n) is 7.05. The van der Waals surface area contributed by atoms with Gasteiger partial charge in [0.05, 0.1) is 0 Å². The van der Waals surface area contributed by atoms with Crippen LogP contribution < -0.4 is 10.6 Å². The monoisotopic (exact) mass is 275 g/mol. The molecule has 0 atom stereocenters. The Kier molecular flexibility index (Phi) is 3.46. The van der Waals surface area contributed by atoms with Crippen LogP contribution in [0.25, 0.3) is 0 Å². The van der Waals surface area contributed by atoms with Crippen molar-refractivity contribution in [2.75, 3.05) is 31.1 Å². The molecule has 2 fully saturated rings. The van der Waals surface area contributed by atoms with Crippen molar-refractivity contribution >= 4 is 22.9 Å². The predicted octanol–water partition coefficient (Wildman–Crippen LogP) is 1.91. The van der Waals surface area contributed by atoms with Crippen molar-refractivity contribution in [3.8, 4) is 0 Å². The standard InChI is InChI=1S/C15H21N3S/c1-11-3-2-4-13(15(16)19)14(11)18-9-7-17(8-10-18)12-5-6-12/h2-4,12H,5-10H2,1H3,(H2,16,19). The highest BCUT2D eigenvalue weighted by atomic mass is 32.1. The Labute approximate surface area is 120 Å². The van der Waals surface area contributed by atoms with Crippen molar-refractivity contribution in [1.82, 2.24) is 4.90 Å². The third kappa shape index (κ3) is 2.60. The molecule has 1 saturated carbocycles. The first kappa shape index (κ1) is 12.9. The van der Waals surface area contributed by atoms with Crippen molar-refractivity contribution in [3.05, 3.63) is 29.3 Å². The van der Waals surface area contributed by atoms with Crippen molar-refractivity contribution in [1.29, 1.82) is 0 Å². The summed E-state index contributed by atoms with van der Waals surface area (Å²) in [6.07, 6.45) is 2.78. The maximum absolute atomic E-state index is 5.87. The molecule has 1 saturated heterocycles. The van der Waals surface area contributed by atoms with Gasteiger partial charge in [-0.2, -0.15) is 0 Å². The molecular weight excluding hydrogens is 254 g/mol. The molecular formula is C15H21N3S. The zero-order chi connectivity index (χ0) is 13.4. The Balaban J connectivity index is 1.80. The minimum Gasteiger partial charge on any atom is -0.389 e. The average Bonchev–Trinajstić information content (AvgIpc) is 3.23. The highest BCUT2D eigenvalue weighted by Crippen LogP contribution is 2.30. The highest BCUT2D eigenvalue weighted by Gasteiger charge is 2.31. The second-order valence-electron chi connectivity index (χ2n) is 5.59. The van der Waals surface area contributed by atoms with E-state index in [9.17, 15) is 0 Å². The summed E-state index contributed by atoms with van der Waals surface area (Å²) in [5.74, 6) is 0. The van der Waals surface area contributed by atoms with Crippen molar-refractivity contribution in [3.63, 3.8) is 0 Å². The van der Waals surface area contributed by atoms with Gasteiger partial charge in [0.2, 0.25) is 0 Å². The zero-order valence-corrected chi connectivity index (χ0v) is 12.2. The third-order valence-electron chi connectivity index (χ3n) is 4.20. The molecule has 1 heterocycles. The van der Waals surface area contributed by atoms with Crippen LogP contribution in [0.4, 0.5) is 5.69 Å². The molecule has 3 rings (SSSR count). The Morgan fingerprint density at radius 2 is 1.89 bits per heavy atom. The molecule has 1 aliphatic carbocycles. The Bertz CT molecular complexity index is 488. The number of nitrogens with zero attached hydrogens (tertiary/aromatic N) is 2. The number of para-hydroxylation sites is 1. The minimum absolute atomic E-state index is 0.503. The Hall–Kier alpha value is -1.13. The molecule has 0 radical (unpaired) electrons. The summed E-state index contributed by atoms with van der Waals surface area (Å²) in [4.78, 5) is 5.57. The molecule has 0 bridgehead atoms. The lowest BCUT2D eigenvalue weighted by atomic mass is 10.1. The first-order chi connectivity index (χ1) is 9.16. The number of benzene rings is 1. The lowest BCUT2D eigenvalue weighted by molar-refractivity contribution is 0.248. The number of hydrogen-bond donors (Lipinski definition) is 1. The number of hydrogen-bond acceptors (Lipinski definition) is 3. The number of anilines is 1. The highest BCUT2D eigenvalue weighted by molar-refractivity contribution is 7.80. The summed E-state index contributed by atoms with van der Waals surface area (Å²) < 4.78 is 0. The van der Waals surface area contributed by atoms with Crippen LogP contribution in [0.2, 0.25) is 0 Å². The normalized spacial score (nSPS) is 20.6. The van der Waals surface area contributed by atoms with Crippen LogP contribution in [0.15, 0.2) is 18.2 Å². The van der Waals surface area contributed by atoms with Gasteiger partial charge < -0.3 is 10.6 Å². The molecule has 102 valence electrons. The van der Waals surface area contributed by atoms with Crippen LogP contribution in [0.1, 0.15) is 24.0 Å². The Morgan fingerprint density at radius 1 is 1.21 bits per heavy atom. The smallest absolute Gasteiger partial charge is 0.106 e. The van der Waals surface area contributed by atoms with Gasteiger partial charge >= 0.3 is 0 Å². The lowest BCUT2D eigenvalue weighted by Crippen LogP contribution is -2.47. The van der Waals surface area contributed by atoms with Crippen molar-refractivity contribution in [2.45, 2.75) is 25.8 Å². The Morgan fingerprint density at radius 3 is 2.47 bits per heavy atom. The van der Waals surface area contributed by atoms with Gasteiger partial charge in [0.15, 0.2) is 0 Å². The van der Waals surface area contributed by atoms with E-state index in [-0.39, 0.29) is 0 Å². The second kappa shape index (κ2) is 5.10. The van der Waals surface area contributed by atoms with Gasteiger partial charge in [-0.05, 0) is 31.4 Å². The SMILES string of the molecule is Cc1cccc(C(N)=S)c1N1CCN(C2CC2)CC1. The molecule has 1 aromatic carbocycles. The van der Waals surface area contributed by atoms with Gasteiger partial charge in [-0.1, -0.05) is 24.4 Å². The van der Waals surface area contributed by atoms with Crippen molar-refractivity contribution in [2.24, 2.45) is 5.73 Å². The molecule has 19 heavy (non-hydrogen) atoms. The van der Waals surface area contributed by atoms with E-state index < -0.39 is 0 Å². The van der Waals surface area contributed by atoms with Gasteiger partial charge in [0.1, 0.15) is 4.99 Å². The number of aryl methyl sites for hydroxylation is 1. The van der Waals surface area contributed by atoms with E-state index in [4.69, 9.17) is 18.0 Å². The number of thiocarbonyl (C=S) groups is 1. The van der Waals surface area contributed by atoms with E-state index in [1.807, 2.05) is 12.1 Å². The topological polar surface area (TPSA) is 32.5 Å². The molecule has 4 heteroatoms. The molecule has 0 amide bonds. The minimum atomic E-state index is 0.503. The summed E-state index contributed by atoms with van der Waals surface area (Å²) in [5.41, 5.74) is 9.40. The van der Waals surface area contributed by atoms with Gasteiger partial charge in [0, 0.05) is 43.5 Å². The molecule has 0 spiro atoms. The van der Waals surface area contributed by atoms with Gasteiger partial charge in [0.25, 0.3) is 0 Å². The van der Waals surface area contributed by atoms with Crippen molar-refractivity contribution < 1.29 is 0 Å². The number of nitrogens with two attached hydrogens (primary N) is 1. The predicted molar refractivity (Wildman–Crippen MR) is 83.9 cm³/mol. The van der Waals surface area contributed by atoms with Crippen LogP contribution >= 0.6 is 12.2 Å². The van der Waals surface area contributed by atoms with E-state index in [2.05, 4.69) is 22.8 Å². The summed E-state index contributed by atoms with van der Waals surface area (Å²) >= 11 is 5.19. The average molecular weight is 275 g/mol. The molecule has 2 aliphatic rings. The maximum atomic E-state index is 5.87. The fraction of sp³-hybridized carbons (Fsp3) is 0.533. The van der Waals surface area contributed by atoms with Crippen LogP contribution in [0.3, 0.4) is 0 Å². The first-order valence-corrected chi connectivity index (χ1v) is 7.46. The van der Waals surface area contributed by atoms with Crippen LogP contribution in [0, 0.1) is 6.92 Å². The van der Waals surface area contributed by atoms with Gasteiger partial charge in [-0.3, -0.25) is 4.90 Å². The van der Waals surface area contributed by atoms with E-state index in [0.29, 0.717) is 4.99 Å². The summed E-state index contributed by atoms with van der Waals surface area (Å²) in [7, 11) is 0. The van der Waals surface area contributed by atoms with Gasteiger partial charge in [-0.15, -0.1) is 0 Å². The summed E-state index contributed by atoms with van der Waals surface area (Å²) in [6.45, 7) is 6.63. The van der Waals surface area contributed by atoms with Crippen LogP contribution in [-0.2, 0) is 0 Å². The molecule has 3 nitrogen and oxygen atoms in total. The summed E-state index contributed by atoms with van der Waals surface area (Å²) in [5, 5.41) is 0. The molecule has 1 aliphatic heterocycles. The molecule has 2 N–H and O–H groups in total. The third-order valence-corrected chi connectivity index (χ3v) is 4.42. The van der Waals surface area contributed by atoms with E-state index in [1.165, 1.54) is 24.1 Å². The zero-order valence-electron chi connectivity index (χ0n) is 11.4. The molecule has 1 aromatic rings. The van der Waals surface area contributed by atoms with Crippen LogP contribution in [-0.4, -0.2) is 42.1 Å². The van der Waals surface area contributed by atoms with E-state index in [0.717, 1.165) is 37.8 Å². The molecule has 0 unspecified atom stereocenters. The van der Waals surface area contributed by atoms with E-state index >= 15 is 0 Å². The fourth-order valence-corrected chi connectivity index (χ4v) is 3.19. The van der Waals surface area contributed by atoms with Gasteiger partial charge in [-0.25, -0.2) is 0 Å². The largest absolute Gasteiger partial charge is 0.389 e. The second-order valence-corrected chi connectivity index (χ2v) is 6.03. The molecule has 0 aromatic heterocycles. The number of piperazine rings is 1. The quantitative estimate of drug-likeness (QED) is 0.854.